The van der Waals surface area contributed by atoms with Crippen LogP contribution in [0.3, 0.4) is 0 Å². The number of rotatable bonds is 4. The van der Waals surface area contributed by atoms with Gasteiger partial charge in [-0.2, -0.15) is 5.06 Å². The van der Waals surface area contributed by atoms with Crippen LogP contribution >= 0.6 is 0 Å². The van der Waals surface area contributed by atoms with Crippen molar-refractivity contribution in [2.24, 2.45) is 0 Å². The Labute approximate surface area is 130 Å². The standard InChI is InChI=1S/C18H19NO3/c1-21-18(20)17-12-16(15-10-6-3-7-11-15)19(22-17)13-14-8-4-2-5-9-14/h2-11,16-17H,12-13H2,1H3. The van der Waals surface area contributed by atoms with Crippen LogP contribution < -0.4 is 0 Å². The minimum Gasteiger partial charge on any atom is -0.467 e. The van der Waals surface area contributed by atoms with E-state index in [2.05, 4.69) is 24.3 Å². The first kappa shape index (κ1) is 14.8. The molecule has 0 radical (unpaired) electrons. The van der Waals surface area contributed by atoms with E-state index in [4.69, 9.17) is 9.57 Å². The zero-order valence-electron chi connectivity index (χ0n) is 12.5. The normalized spacial score (nSPS) is 21.7. The van der Waals surface area contributed by atoms with Crippen molar-refractivity contribution in [2.45, 2.75) is 25.1 Å². The second-order valence-electron chi connectivity index (χ2n) is 5.34. The lowest BCUT2D eigenvalue weighted by molar-refractivity contribution is -0.191. The van der Waals surface area contributed by atoms with Crippen LogP contribution in [-0.2, 0) is 20.9 Å². The molecule has 0 aliphatic carbocycles. The van der Waals surface area contributed by atoms with Crippen molar-refractivity contribution in [3.63, 3.8) is 0 Å². The van der Waals surface area contributed by atoms with Gasteiger partial charge in [0.05, 0.1) is 13.2 Å². The predicted molar refractivity (Wildman–Crippen MR) is 82.7 cm³/mol. The van der Waals surface area contributed by atoms with Crippen LogP contribution in [0.25, 0.3) is 0 Å². The number of ether oxygens (including phenoxy) is 1. The lowest BCUT2D eigenvalue weighted by atomic mass is 10.0. The third-order valence-corrected chi connectivity index (χ3v) is 3.88. The molecule has 0 spiro atoms. The summed E-state index contributed by atoms with van der Waals surface area (Å²) in [5.41, 5.74) is 2.29. The highest BCUT2D eigenvalue weighted by Crippen LogP contribution is 2.35. The molecule has 4 nitrogen and oxygen atoms in total. The SMILES string of the molecule is COC(=O)C1CC(c2ccccc2)N(Cc2ccccc2)O1. The smallest absolute Gasteiger partial charge is 0.337 e. The fourth-order valence-electron chi connectivity index (χ4n) is 2.76. The maximum Gasteiger partial charge on any atom is 0.337 e. The van der Waals surface area contributed by atoms with E-state index in [0.717, 1.165) is 11.1 Å². The summed E-state index contributed by atoms with van der Waals surface area (Å²) < 4.78 is 4.83. The predicted octanol–water partition coefficient (Wildman–Crippen LogP) is 3.11. The van der Waals surface area contributed by atoms with Gasteiger partial charge in [0.2, 0.25) is 0 Å². The monoisotopic (exact) mass is 297 g/mol. The number of nitrogens with zero attached hydrogens (tertiary/aromatic N) is 1. The molecule has 22 heavy (non-hydrogen) atoms. The molecule has 1 saturated heterocycles. The molecule has 1 heterocycles. The van der Waals surface area contributed by atoms with Gasteiger partial charge >= 0.3 is 5.97 Å². The van der Waals surface area contributed by atoms with E-state index in [1.54, 1.807) is 0 Å². The van der Waals surface area contributed by atoms with Gasteiger partial charge in [0, 0.05) is 13.0 Å². The molecule has 0 aromatic heterocycles. The maximum absolute atomic E-state index is 11.8. The lowest BCUT2D eigenvalue weighted by Gasteiger charge is -2.22. The molecule has 2 atom stereocenters. The summed E-state index contributed by atoms with van der Waals surface area (Å²) in [5, 5.41) is 1.88. The molecule has 3 rings (SSSR count). The first-order chi connectivity index (χ1) is 10.8. The average molecular weight is 297 g/mol. The minimum atomic E-state index is -0.543. The van der Waals surface area contributed by atoms with Crippen LogP contribution in [0.15, 0.2) is 60.7 Å². The van der Waals surface area contributed by atoms with Crippen molar-refractivity contribution in [1.82, 2.24) is 5.06 Å². The van der Waals surface area contributed by atoms with E-state index in [0.29, 0.717) is 13.0 Å². The fourth-order valence-corrected chi connectivity index (χ4v) is 2.76. The van der Waals surface area contributed by atoms with Crippen molar-refractivity contribution in [3.8, 4) is 0 Å². The van der Waals surface area contributed by atoms with Crippen LogP contribution in [0.2, 0.25) is 0 Å². The van der Waals surface area contributed by atoms with Crippen molar-refractivity contribution in [2.75, 3.05) is 7.11 Å². The number of carbonyl (C=O) groups is 1. The van der Waals surface area contributed by atoms with Gasteiger partial charge in [-0.3, -0.25) is 4.84 Å². The molecule has 0 N–H and O–H groups in total. The summed E-state index contributed by atoms with van der Waals surface area (Å²) in [6.07, 6.45) is 0.0580. The summed E-state index contributed by atoms with van der Waals surface area (Å²) in [6, 6.07) is 20.2. The molecule has 1 aliphatic rings. The van der Waals surface area contributed by atoms with Gasteiger partial charge in [0.1, 0.15) is 0 Å². The van der Waals surface area contributed by atoms with Crippen LogP contribution in [0, 0.1) is 0 Å². The van der Waals surface area contributed by atoms with Crippen LogP contribution in [0.4, 0.5) is 0 Å². The largest absolute Gasteiger partial charge is 0.467 e. The van der Waals surface area contributed by atoms with Crippen LogP contribution in [0.5, 0.6) is 0 Å². The summed E-state index contributed by atoms with van der Waals surface area (Å²) >= 11 is 0. The Morgan fingerprint density at radius 2 is 1.77 bits per heavy atom. The van der Waals surface area contributed by atoms with E-state index < -0.39 is 6.10 Å². The maximum atomic E-state index is 11.8. The zero-order valence-corrected chi connectivity index (χ0v) is 12.5. The molecular weight excluding hydrogens is 278 g/mol. The minimum absolute atomic E-state index is 0.0468. The Kier molecular flexibility index (Phi) is 4.51. The fraction of sp³-hybridized carbons (Fsp3) is 0.278. The third-order valence-electron chi connectivity index (χ3n) is 3.88. The number of hydrogen-bond donors (Lipinski definition) is 0. The first-order valence-electron chi connectivity index (χ1n) is 7.38. The Hall–Kier alpha value is -2.17. The van der Waals surface area contributed by atoms with Gasteiger partial charge in [0.25, 0.3) is 0 Å². The number of hydrogen-bond acceptors (Lipinski definition) is 4. The zero-order chi connectivity index (χ0) is 15.4. The van der Waals surface area contributed by atoms with Gasteiger partial charge in [-0.15, -0.1) is 0 Å². The van der Waals surface area contributed by atoms with Crippen LogP contribution in [0.1, 0.15) is 23.6 Å². The molecule has 0 amide bonds. The molecule has 2 aromatic rings. The highest BCUT2D eigenvalue weighted by atomic mass is 16.7. The van der Waals surface area contributed by atoms with Gasteiger partial charge in [-0.1, -0.05) is 60.7 Å². The van der Waals surface area contributed by atoms with E-state index >= 15 is 0 Å². The number of methoxy groups -OCH3 is 1. The molecule has 2 unspecified atom stereocenters. The van der Waals surface area contributed by atoms with Crippen molar-refractivity contribution in [1.29, 1.82) is 0 Å². The quantitative estimate of drug-likeness (QED) is 0.813. The van der Waals surface area contributed by atoms with E-state index in [1.807, 2.05) is 41.5 Å². The highest BCUT2D eigenvalue weighted by molar-refractivity contribution is 5.74. The molecule has 1 fully saturated rings. The van der Waals surface area contributed by atoms with Crippen molar-refractivity contribution >= 4 is 5.97 Å². The lowest BCUT2D eigenvalue weighted by Crippen LogP contribution is -2.25. The molecule has 114 valence electrons. The second-order valence-corrected chi connectivity index (χ2v) is 5.34. The first-order valence-corrected chi connectivity index (χ1v) is 7.38. The van der Waals surface area contributed by atoms with E-state index in [9.17, 15) is 4.79 Å². The number of esters is 1. The van der Waals surface area contributed by atoms with Crippen molar-refractivity contribution < 1.29 is 14.4 Å². The second kappa shape index (κ2) is 6.73. The van der Waals surface area contributed by atoms with E-state index in [1.165, 1.54) is 7.11 Å². The van der Waals surface area contributed by atoms with Crippen LogP contribution in [-0.4, -0.2) is 24.2 Å². The number of hydroxylamine groups is 2. The average Bonchev–Trinajstić information content (AvgIpc) is 3.00. The topological polar surface area (TPSA) is 38.8 Å². The van der Waals surface area contributed by atoms with Gasteiger partial charge in [-0.05, 0) is 11.1 Å². The highest BCUT2D eigenvalue weighted by Gasteiger charge is 2.38. The van der Waals surface area contributed by atoms with Gasteiger partial charge < -0.3 is 4.74 Å². The Morgan fingerprint density at radius 1 is 1.14 bits per heavy atom. The summed E-state index contributed by atoms with van der Waals surface area (Å²) in [7, 11) is 1.39. The number of benzene rings is 2. The molecule has 4 heteroatoms. The van der Waals surface area contributed by atoms with Gasteiger partial charge in [-0.25, -0.2) is 4.79 Å². The van der Waals surface area contributed by atoms with E-state index in [-0.39, 0.29) is 12.0 Å². The Bertz CT molecular complexity index is 615. The van der Waals surface area contributed by atoms with Crippen molar-refractivity contribution in [3.05, 3.63) is 71.8 Å². The summed E-state index contributed by atoms with van der Waals surface area (Å²) in [4.78, 5) is 17.7. The molecular formula is C18H19NO3. The third kappa shape index (κ3) is 3.18. The summed E-state index contributed by atoms with van der Waals surface area (Å²) in [6.45, 7) is 0.633. The molecule has 1 aliphatic heterocycles. The Balaban J connectivity index is 1.82. The molecule has 2 aromatic carbocycles. The number of carbonyl (C=O) groups excluding carboxylic acids is 1. The summed E-state index contributed by atoms with van der Waals surface area (Å²) in [5.74, 6) is -0.323. The Morgan fingerprint density at radius 3 is 2.41 bits per heavy atom. The molecule has 0 saturated carbocycles. The van der Waals surface area contributed by atoms with Gasteiger partial charge in [0.15, 0.2) is 6.10 Å². The molecule has 0 bridgehead atoms.